The molecule has 1 N–H and O–H groups in total. The van der Waals surface area contributed by atoms with Crippen molar-refractivity contribution in [2.24, 2.45) is 11.8 Å². The molecule has 0 bridgehead atoms. The third-order valence-corrected chi connectivity index (χ3v) is 7.62. The number of hydrogen-bond donors (Lipinski definition) is 1. The topological polar surface area (TPSA) is 105 Å². The summed E-state index contributed by atoms with van der Waals surface area (Å²) in [6.45, 7) is 6.13. The van der Waals surface area contributed by atoms with Crippen LogP contribution in [-0.4, -0.2) is 71.0 Å². The molecule has 4 atom stereocenters. The number of likely N-dealkylation sites (tertiary alicyclic amines) is 2. The van der Waals surface area contributed by atoms with Crippen molar-refractivity contribution in [1.82, 2.24) is 15.1 Å². The Hall–Kier alpha value is -3.10. The Kier molecular flexibility index (Phi) is 8.39. The normalized spacial score (nSPS) is 24.8. The van der Waals surface area contributed by atoms with Gasteiger partial charge >= 0.3 is 12.2 Å². The summed E-state index contributed by atoms with van der Waals surface area (Å²) in [5.74, 6) is -0.693. The van der Waals surface area contributed by atoms with Crippen LogP contribution in [0.4, 0.5) is 9.59 Å². The fraction of sp³-hybridized carbons (Fsp3) is 0.643. The van der Waals surface area contributed by atoms with Crippen LogP contribution in [0.25, 0.3) is 0 Å². The standard InChI is InChI=1S/C28H39N3O6/c1-28(2,3)37-26(34)29-23(20-12-8-5-9-13-20)25(33)30-15-14-22-24(30)21(17-32)16-31(22)27(35)36-18-19-10-6-4-7-11-19/h4,6-7,10-11,17,20-24H,5,8-9,12-16,18H2,1-3H3,(H,29,34)/t21-,22-,23+,24-/m1/s1. The number of alkyl carbamates (subject to hydrolysis) is 1. The van der Waals surface area contributed by atoms with Crippen molar-refractivity contribution in [2.45, 2.75) is 89.6 Å². The lowest BCUT2D eigenvalue weighted by Gasteiger charge is -2.35. The summed E-state index contributed by atoms with van der Waals surface area (Å²) in [6.07, 6.45) is 5.14. The first-order valence-corrected chi connectivity index (χ1v) is 13.4. The number of ether oxygens (including phenoxy) is 2. The number of nitrogens with one attached hydrogen (secondary N) is 1. The first-order valence-electron chi connectivity index (χ1n) is 13.4. The van der Waals surface area contributed by atoms with E-state index in [1.165, 1.54) is 0 Å². The third-order valence-electron chi connectivity index (χ3n) is 7.62. The number of nitrogens with zero attached hydrogens (tertiary/aromatic N) is 2. The molecule has 2 heterocycles. The molecule has 2 aliphatic heterocycles. The maximum atomic E-state index is 13.9. The highest BCUT2D eigenvalue weighted by atomic mass is 16.6. The first-order chi connectivity index (χ1) is 17.7. The zero-order valence-corrected chi connectivity index (χ0v) is 22.1. The Balaban J connectivity index is 1.47. The van der Waals surface area contributed by atoms with Crippen molar-refractivity contribution < 1.29 is 28.7 Å². The third kappa shape index (κ3) is 6.43. The predicted octanol–water partition coefficient (Wildman–Crippen LogP) is 3.90. The lowest BCUT2D eigenvalue weighted by Crippen LogP contribution is -2.56. The lowest BCUT2D eigenvalue weighted by molar-refractivity contribution is -0.137. The van der Waals surface area contributed by atoms with Gasteiger partial charge in [0.15, 0.2) is 0 Å². The Bertz CT molecular complexity index is 972. The quantitative estimate of drug-likeness (QED) is 0.579. The first kappa shape index (κ1) is 26.9. The number of carbonyl (C=O) groups is 4. The van der Waals surface area contributed by atoms with Gasteiger partial charge in [0, 0.05) is 13.1 Å². The zero-order valence-electron chi connectivity index (χ0n) is 22.1. The molecule has 3 aliphatic rings. The summed E-state index contributed by atoms with van der Waals surface area (Å²) in [7, 11) is 0. The fourth-order valence-electron chi connectivity index (χ4n) is 5.98. The molecular formula is C28H39N3O6. The number of benzene rings is 1. The van der Waals surface area contributed by atoms with Crippen LogP contribution in [0.3, 0.4) is 0 Å². The molecule has 9 heteroatoms. The molecule has 202 valence electrons. The van der Waals surface area contributed by atoms with Gasteiger partial charge < -0.3 is 29.4 Å². The van der Waals surface area contributed by atoms with E-state index in [0.29, 0.717) is 13.0 Å². The average Bonchev–Trinajstić information content (AvgIpc) is 3.46. The minimum Gasteiger partial charge on any atom is -0.445 e. The number of carbonyl (C=O) groups excluding carboxylic acids is 4. The molecule has 1 aliphatic carbocycles. The van der Waals surface area contributed by atoms with Gasteiger partial charge in [-0.3, -0.25) is 4.79 Å². The van der Waals surface area contributed by atoms with Gasteiger partial charge in [-0.05, 0) is 51.5 Å². The Morgan fingerprint density at radius 3 is 2.41 bits per heavy atom. The molecule has 3 amide bonds. The summed E-state index contributed by atoms with van der Waals surface area (Å²) in [4.78, 5) is 55.0. The highest BCUT2D eigenvalue weighted by Gasteiger charge is 2.53. The molecule has 0 unspecified atom stereocenters. The SMILES string of the molecule is CC(C)(C)OC(=O)N[C@H](C(=O)N1CC[C@@H]2[C@H]1[C@@H](C=O)CN2C(=O)OCc1ccccc1)C1CCCCC1. The number of rotatable bonds is 6. The van der Waals surface area contributed by atoms with Gasteiger partial charge in [-0.15, -0.1) is 0 Å². The summed E-state index contributed by atoms with van der Waals surface area (Å²) in [5.41, 5.74) is 0.197. The molecule has 3 fully saturated rings. The van der Waals surface area contributed by atoms with Crippen molar-refractivity contribution >= 4 is 24.4 Å². The summed E-state index contributed by atoms with van der Waals surface area (Å²) in [6, 6.07) is 7.98. The second-order valence-corrected chi connectivity index (χ2v) is 11.4. The summed E-state index contributed by atoms with van der Waals surface area (Å²) >= 11 is 0. The van der Waals surface area contributed by atoms with E-state index in [1.807, 2.05) is 30.3 Å². The molecule has 1 saturated carbocycles. The molecular weight excluding hydrogens is 474 g/mol. The van der Waals surface area contributed by atoms with Gasteiger partial charge in [-0.25, -0.2) is 9.59 Å². The van der Waals surface area contributed by atoms with E-state index in [9.17, 15) is 19.2 Å². The maximum absolute atomic E-state index is 13.9. The summed E-state index contributed by atoms with van der Waals surface area (Å²) < 4.78 is 11.0. The second-order valence-electron chi connectivity index (χ2n) is 11.4. The van der Waals surface area contributed by atoms with Crippen LogP contribution < -0.4 is 5.32 Å². The summed E-state index contributed by atoms with van der Waals surface area (Å²) in [5, 5.41) is 2.86. The van der Waals surface area contributed by atoms with Crippen LogP contribution >= 0.6 is 0 Å². The van der Waals surface area contributed by atoms with Crippen LogP contribution in [0.15, 0.2) is 30.3 Å². The predicted molar refractivity (Wildman–Crippen MR) is 137 cm³/mol. The number of aldehydes is 1. The maximum Gasteiger partial charge on any atom is 0.410 e. The molecule has 0 spiro atoms. The monoisotopic (exact) mass is 513 g/mol. The van der Waals surface area contributed by atoms with Gasteiger partial charge in [-0.1, -0.05) is 49.6 Å². The lowest BCUT2D eigenvalue weighted by atomic mass is 9.83. The average molecular weight is 514 g/mol. The van der Waals surface area contributed by atoms with Crippen LogP contribution in [0, 0.1) is 11.8 Å². The van der Waals surface area contributed by atoms with Crippen molar-refractivity contribution in [1.29, 1.82) is 0 Å². The Morgan fingerprint density at radius 2 is 1.76 bits per heavy atom. The fourth-order valence-corrected chi connectivity index (χ4v) is 5.98. The van der Waals surface area contributed by atoms with E-state index < -0.39 is 35.8 Å². The minimum absolute atomic E-state index is 0.0100. The van der Waals surface area contributed by atoms with Crippen LogP contribution in [-0.2, 0) is 25.7 Å². The van der Waals surface area contributed by atoms with E-state index >= 15 is 0 Å². The van der Waals surface area contributed by atoms with Crippen molar-refractivity contribution in [3.05, 3.63) is 35.9 Å². The highest BCUT2D eigenvalue weighted by Crippen LogP contribution is 2.37. The smallest absolute Gasteiger partial charge is 0.410 e. The van der Waals surface area contributed by atoms with Gasteiger partial charge in [0.1, 0.15) is 24.5 Å². The van der Waals surface area contributed by atoms with Gasteiger partial charge in [0.2, 0.25) is 5.91 Å². The van der Waals surface area contributed by atoms with Gasteiger partial charge in [0.05, 0.1) is 18.0 Å². The van der Waals surface area contributed by atoms with Crippen LogP contribution in [0.2, 0.25) is 0 Å². The number of hydrogen-bond acceptors (Lipinski definition) is 6. The van der Waals surface area contributed by atoms with E-state index in [0.717, 1.165) is 44.0 Å². The van der Waals surface area contributed by atoms with E-state index in [4.69, 9.17) is 9.47 Å². The molecule has 37 heavy (non-hydrogen) atoms. The molecule has 4 rings (SSSR count). The van der Waals surface area contributed by atoms with Crippen molar-refractivity contribution in [2.75, 3.05) is 13.1 Å². The van der Waals surface area contributed by atoms with Crippen LogP contribution in [0.1, 0.15) is 64.9 Å². The Labute approximate surface area is 218 Å². The van der Waals surface area contributed by atoms with E-state index in [2.05, 4.69) is 5.32 Å². The highest BCUT2D eigenvalue weighted by molar-refractivity contribution is 5.87. The molecule has 0 aromatic heterocycles. The van der Waals surface area contributed by atoms with Gasteiger partial charge in [-0.2, -0.15) is 0 Å². The Morgan fingerprint density at radius 1 is 1.05 bits per heavy atom. The molecule has 0 radical (unpaired) electrons. The van der Waals surface area contributed by atoms with Gasteiger partial charge in [0.25, 0.3) is 0 Å². The largest absolute Gasteiger partial charge is 0.445 e. The number of fused-ring (bicyclic) bond motifs is 1. The van der Waals surface area contributed by atoms with Crippen molar-refractivity contribution in [3.8, 4) is 0 Å². The van der Waals surface area contributed by atoms with E-state index in [1.54, 1.807) is 30.6 Å². The zero-order chi connectivity index (χ0) is 26.6. The number of amides is 3. The second kappa shape index (κ2) is 11.5. The minimum atomic E-state index is -0.722. The van der Waals surface area contributed by atoms with Crippen molar-refractivity contribution in [3.63, 3.8) is 0 Å². The molecule has 2 saturated heterocycles. The molecule has 9 nitrogen and oxygen atoms in total. The van der Waals surface area contributed by atoms with E-state index in [-0.39, 0.29) is 31.0 Å². The molecule has 1 aromatic rings. The molecule has 1 aromatic carbocycles. The van der Waals surface area contributed by atoms with Crippen LogP contribution in [0.5, 0.6) is 0 Å².